The predicted octanol–water partition coefficient (Wildman–Crippen LogP) is 2.55. The van der Waals surface area contributed by atoms with Gasteiger partial charge in [0.15, 0.2) is 0 Å². The molecule has 0 aromatic carbocycles. The topological polar surface area (TPSA) is 52.6 Å². The maximum Gasteiger partial charge on any atom is 0.223 e. The van der Waals surface area contributed by atoms with Gasteiger partial charge in [-0.05, 0) is 44.7 Å². The van der Waals surface area contributed by atoms with E-state index in [4.69, 9.17) is 0 Å². The molecular formula is C17H26N2O2S. The molecule has 2 N–H and O–H groups in total. The van der Waals surface area contributed by atoms with Crippen molar-refractivity contribution in [2.24, 2.45) is 5.92 Å². The number of likely N-dealkylation sites (tertiary alicyclic amines) is 1. The molecule has 4 nitrogen and oxygen atoms in total. The molecule has 0 radical (unpaired) electrons. The van der Waals surface area contributed by atoms with Gasteiger partial charge in [-0.3, -0.25) is 9.69 Å². The molecule has 2 fully saturated rings. The Hall–Kier alpha value is -0.910. The maximum absolute atomic E-state index is 12.6. The normalized spacial score (nSPS) is 34.0. The SMILES string of the molecule is CN1CC[C@@](C)(O)[C@@H](NC(=O)C2CCCC2)[C@@H]1c1cccs1. The summed E-state index contributed by atoms with van der Waals surface area (Å²) in [5.41, 5.74) is -0.866. The summed E-state index contributed by atoms with van der Waals surface area (Å²) < 4.78 is 0. The van der Waals surface area contributed by atoms with E-state index < -0.39 is 5.60 Å². The highest BCUT2D eigenvalue weighted by atomic mass is 32.1. The first-order valence-corrected chi connectivity index (χ1v) is 9.13. The molecule has 1 saturated carbocycles. The van der Waals surface area contributed by atoms with Crippen LogP contribution in [0.25, 0.3) is 0 Å². The number of likely N-dealkylation sites (N-methyl/N-ethyl adjacent to an activating group) is 1. The summed E-state index contributed by atoms with van der Waals surface area (Å²) in [4.78, 5) is 16.0. The van der Waals surface area contributed by atoms with Crippen molar-refractivity contribution in [1.29, 1.82) is 0 Å². The Balaban J connectivity index is 1.83. The third-order valence-electron chi connectivity index (χ3n) is 5.29. The highest BCUT2D eigenvalue weighted by molar-refractivity contribution is 7.10. The van der Waals surface area contributed by atoms with Crippen LogP contribution in [0.4, 0.5) is 0 Å². The third kappa shape index (κ3) is 3.07. The van der Waals surface area contributed by atoms with E-state index in [1.165, 1.54) is 4.88 Å². The van der Waals surface area contributed by atoms with Gasteiger partial charge in [0.2, 0.25) is 5.91 Å². The van der Waals surface area contributed by atoms with Crippen LogP contribution in [0.2, 0.25) is 0 Å². The fourth-order valence-corrected chi connectivity index (χ4v) is 4.75. The highest BCUT2D eigenvalue weighted by Gasteiger charge is 2.46. The molecule has 1 aromatic rings. The molecule has 122 valence electrons. The lowest BCUT2D eigenvalue weighted by Gasteiger charge is -2.47. The zero-order valence-electron chi connectivity index (χ0n) is 13.4. The number of aliphatic hydroxyl groups is 1. The second-order valence-electron chi connectivity index (χ2n) is 7.02. The summed E-state index contributed by atoms with van der Waals surface area (Å²) in [6, 6.07) is 3.93. The van der Waals surface area contributed by atoms with Gasteiger partial charge in [0, 0.05) is 17.3 Å². The Labute approximate surface area is 136 Å². The van der Waals surface area contributed by atoms with Gasteiger partial charge >= 0.3 is 0 Å². The van der Waals surface area contributed by atoms with Crippen LogP contribution in [-0.4, -0.2) is 41.1 Å². The van der Waals surface area contributed by atoms with Crippen LogP contribution in [-0.2, 0) is 4.79 Å². The van der Waals surface area contributed by atoms with Crippen LogP contribution in [0.15, 0.2) is 17.5 Å². The van der Waals surface area contributed by atoms with Gasteiger partial charge in [-0.15, -0.1) is 11.3 Å². The van der Waals surface area contributed by atoms with Gasteiger partial charge in [-0.25, -0.2) is 0 Å². The van der Waals surface area contributed by atoms with Crippen LogP contribution >= 0.6 is 11.3 Å². The molecule has 1 amide bonds. The van der Waals surface area contributed by atoms with E-state index in [9.17, 15) is 9.90 Å². The fourth-order valence-electron chi connectivity index (χ4n) is 3.83. The molecule has 1 aromatic heterocycles. The Bertz CT molecular complexity index is 509. The van der Waals surface area contributed by atoms with Crippen molar-refractivity contribution in [2.75, 3.05) is 13.6 Å². The number of carbonyl (C=O) groups is 1. The monoisotopic (exact) mass is 322 g/mol. The Kier molecular flexibility index (Phi) is 4.57. The zero-order chi connectivity index (χ0) is 15.7. The average Bonchev–Trinajstić information content (AvgIpc) is 3.16. The number of carbonyl (C=O) groups excluding carboxylic acids is 1. The number of nitrogens with one attached hydrogen (secondary N) is 1. The summed E-state index contributed by atoms with van der Waals surface area (Å²) >= 11 is 1.69. The molecular weight excluding hydrogens is 296 g/mol. The molecule has 0 spiro atoms. The molecule has 0 bridgehead atoms. The summed E-state index contributed by atoms with van der Waals surface area (Å²) in [7, 11) is 2.08. The maximum atomic E-state index is 12.6. The highest BCUT2D eigenvalue weighted by Crippen LogP contribution is 2.38. The van der Waals surface area contributed by atoms with Crippen LogP contribution in [0.1, 0.15) is 49.9 Å². The Morgan fingerprint density at radius 2 is 2.18 bits per heavy atom. The molecule has 1 saturated heterocycles. The van der Waals surface area contributed by atoms with Crippen molar-refractivity contribution < 1.29 is 9.90 Å². The molecule has 5 heteroatoms. The number of amides is 1. The predicted molar refractivity (Wildman–Crippen MR) is 88.8 cm³/mol. The first-order valence-electron chi connectivity index (χ1n) is 8.25. The van der Waals surface area contributed by atoms with E-state index in [-0.39, 0.29) is 23.9 Å². The lowest BCUT2D eigenvalue weighted by molar-refractivity contribution is -0.131. The van der Waals surface area contributed by atoms with Gasteiger partial charge in [-0.1, -0.05) is 18.9 Å². The average molecular weight is 322 g/mol. The van der Waals surface area contributed by atoms with Crippen molar-refractivity contribution in [3.05, 3.63) is 22.4 Å². The lowest BCUT2D eigenvalue weighted by Crippen LogP contribution is -2.62. The van der Waals surface area contributed by atoms with Crippen molar-refractivity contribution in [3.63, 3.8) is 0 Å². The Morgan fingerprint density at radius 1 is 1.45 bits per heavy atom. The van der Waals surface area contributed by atoms with Gasteiger partial charge < -0.3 is 10.4 Å². The molecule has 2 aliphatic rings. The lowest BCUT2D eigenvalue weighted by atomic mass is 9.81. The Morgan fingerprint density at radius 3 is 2.82 bits per heavy atom. The summed E-state index contributed by atoms with van der Waals surface area (Å²) in [6.45, 7) is 2.70. The molecule has 3 atom stereocenters. The summed E-state index contributed by atoms with van der Waals surface area (Å²) in [5.74, 6) is 0.256. The molecule has 0 unspecified atom stereocenters. The van der Waals surface area contributed by atoms with Crippen LogP contribution in [0, 0.1) is 5.92 Å². The fraction of sp³-hybridized carbons (Fsp3) is 0.706. The second-order valence-corrected chi connectivity index (χ2v) is 7.99. The first-order chi connectivity index (χ1) is 10.5. The van der Waals surface area contributed by atoms with Gasteiger partial charge in [0.25, 0.3) is 0 Å². The van der Waals surface area contributed by atoms with Crippen molar-refractivity contribution in [1.82, 2.24) is 10.2 Å². The smallest absolute Gasteiger partial charge is 0.223 e. The van der Waals surface area contributed by atoms with Crippen LogP contribution < -0.4 is 5.32 Å². The van der Waals surface area contributed by atoms with E-state index in [1.54, 1.807) is 11.3 Å². The van der Waals surface area contributed by atoms with E-state index in [0.29, 0.717) is 6.42 Å². The zero-order valence-corrected chi connectivity index (χ0v) is 14.2. The molecule has 1 aliphatic heterocycles. The van der Waals surface area contributed by atoms with E-state index >= 15 is 0 Å². The largest absolute Gasteiger partial charge is 0.388 e. The number of hydrogen-bond acceptors (Lipinski definition) is 4. The third-order valence-corrected chi connectivity index (χ3v) is 6.23. The standard InChI is InChI=1S/C17H26N2O2S/c1-17(21)9-10-19(2)14(13-8-5-11-22-13)15(17)18-16(20)12-6-3-4-7-12/h5,8,11-12,14-15,21H,3-4,6-7,9-10H2,1-2H3,(H,18,20)/t14-,15-,17+/m0/s1. The minimum atomic E-state index is -0.866. The van der Waals surface area contributed by atoms with Gasteiger partial charge in [0.05, 0.1) is 17.7 Å². The summed E-state index contributed by atoms with van der Waals surface area (Å²) in [5, 5.41) is 16.1. The number of thiophene rings is 1. The van der Waals surface area contributed by atoms with Gasteiger partial charge in [0.1, 0.15) is 0 Å². The number of rotatable bonds is 3. The molecule has 2 heterocycles. The van der Waals surface area contributed by atoms with Crippen molar-refractivity contribution in [2.45, 2.75) is 56.7 Å². The minimum absolute atomic E-state index is 0.0501. The van der Waals surface area contributed by atoms with Crippen molar-refractivity contribution >= 4 is 17.2 Å². The number of nitrogens with zero attached hydrogens (tertiary/aromatic N) is 1. The summed E-state index contributed by atoms with van der Waals surface area (Å²) in [6.07, 6.45) is 4.95. The number of piperidine rings is 1. The first kappa shape index (κ1) is 16.0. The molecule has 22 heavy (non-hydrogen) atoms. The van der Waals surface area contributed by atoms with Crippen LogP contribution in [0.3, 0.4) is 0 Å². The second kappa shape index (κ2) is 6.30. The van der Waals surface area contributed by atoms with E-state index in [1.807, 2.05) is 13.0 Å². The van der Waals surface area contributed by atoms with E-state index in [2.05, 4.69) is 28.7 Å². The minimum Gasteiger partial charge on any atom is -0.388 e. The van der Waals surface area contributed by atoms with E-state index in [0.717, 1.165) is 32.2 Å². The quantitative estimate of drug-likeness (QED) is 0.899. The molecule has 1 aliphatic carbocycles. The van der Waals surface area contributed by atoms with Crippen LogP contribution in [0.5, 0.6) is 0 Å². The van der Waals surface area contributed by atoms with Gasteiger partial charge in [-0.2, -0.15) is 0 Å². The number of hydrogen-bond donors (Lipinski definition) is 2. The van der Waals surface area contributed by atoms with Crippen molar-refractivity contribution in [3.8, 4) is 0 Å². The molecule has 3 rings (SSSR count).